The van der Waals surface area contributed by atoms with Gasteiger partial charge in [0.15, 0.2) is 0 Å². The Morgan fingerprint density at radius 3 is 2.25 bits per heavy atom. The number of benzene rings is 1. The van der Waals surface area contributed by atoms with Crippen LogP contribution in [0.4, 0.5) is 11.4 Å². The Hall–Kier alpha value is -0.0600. The van der Waals surface area contributed by atoms with Gasteiger partial charge < -0.3 is 0 Å². The first-order chi connectivity index (χ1) is 5.27. The number of aliphatic imine (C=N–C) groups is 1. The fraction of sp³-hybridized carbons (Fsp3) is 0. The van der Waals surface area contributed by atoms with E-state index >= 15 is 0 Å². The summed E-state index contributed by atoms with van der Waals surface area (Å²) >= 11 is 6.77. The molecule has 0 unspecified atom stereocenters. The third-order valence-electron chi connectivity index (χ3n) is 1.41. The van der Waals surface area contributed by atoms with Crippen LogP contribution in [0.2, 0.25) is 0 Å². The number of hydrogen-bond acceptors (Lipinski definition) is 1. The van der Waals surface area contributed by atoms with E-state index in [1.165, 1.54) is 0 Å². The monoisotopic (exact) mass is 309 g/mol. The van der Waals surface area contributed by atoms with Crippen molar-refractivity contribution in [2.75, 3.05) is 0 Å². The highest BCUT2D eigenvalue weighted by Gasteiger charge is 2.09. The fourth-order valence-electron chi connectivity index (χ4n) is 0.886. The zero-order valence-corrected chi connectivity index (χ0v) is 9.78. The fourth-order valence-corrected chi connectivity index (χ4v) is 1.55. The predicted molar refractivity (Wildman–Crippen MR) is 59.0 cm³/mol. The molecule has 0 bridgehead atoms. The Kier molecular flexibility index (Phi) is 3.15. The predicted octanol–water partition coefficient (Wildman–Crippen LogP) is 3.54. The van der Waals surface area contributed by atoms with Gasteiger partial charge in [-0.3, -0.25) is 0 Å². The van der Waals surface area contributed by atoms with Crippen molar-refractivity contribution >= 4 is 62.0 Å². The lowest BCUT2D eigenvalue weighted by molar-refractivity contribution is 1.34. The summed E-state index contributed by atoms with van der Waals surface area (Å²) in [5.74, 6) is 0. The van der Waals surface area contributed by atoms with Gasteiger partial charge in [0.2, 0.25) is 0 Å². The molecular weight excluding hydrogens is 307 g/mol. The summed E-state index contributed by atoms with van der Waals surface area (Å²) < 4.78 is 2.01. The molecule has 2 nitrogen and oxygen atoms in total. The molecule has 0 N–H and O–H groups in total. The van der Waals surface area contributed by atoms with Crippen LogP contribution < -0.4 is 5.32 Å². The summed E-state index contributed by atoms with van der Waals surface area (Å²) in [5.41, 5.74) is 1.83. The van der Waals surface area contributed by atoms with Crippen LogP contribution in [0.5, 0.6) is 0 Å². The Morgan fingerprint density at radius 1 is 1.00 bits per heavy atom. The molecule has 0 fully saturated rings. The van der Waals surface area contributed by atoms with E-state index in [1.54, 1.807) is 6.34 Å². The van der Waals surface area contributed by atoms with Crippen molar-refractivity contribution in [3.8, 4) is 0 Å². The molecule has 1 heterocycles. The summed E-state index contributed by atoms with van der Waals surface area (Å²) in [5, 5.41) is 4.06. The van der Waals surface area contributed by atoms with Gasteiger partial charge in [0, 0.05) is 8.95 Å². The van der Waals surface area contributed by atoms with Gasteiger partial charge in [-0.05, 0) is 44.0 Å². The molecular formula is C7H4Br2ClN2. The van der Waals surface area contributed by atoms with Crippen molar-refractivity contribution in [3.05, 3.63) is 21.1 Å². The normalized spacial score (nSPS) is 11.8. The number of nitrogens with zero attached hydrogens (tertiary/aromatic N) is 2. The number of halogens is 3. The van der Waals surface area contributed by atoms with E-state index in [0.717, 1.165) is 20.3 Å². The molecule has 0 aromatic heterocycles. The molecule has 1 aromatic carbocycles. The summed E-state index contributed by atoms with van der Waals surface area (Å²) in [7, 11) is 0. The quantitative estimate of drug-likeness (QED) is 0.701. The Balaban J connectivity index is 0.000000720. The van der Waals surface area contributed by atoms with Crippen LogP contribution in [0.15, 0.2) is 26.1 Å². The summed E-state index contributed by atoms with van der Waals surface area (Å²) in [6, 6.07) is 3.87. The second-order valence-electron chi connectivity index (χ2n) is 2.13. The van der Waals surface area contributed by atoms with Crippen LogP contribution in [-0.2, 0) is 0 Å². The topological polar surface area (TPSA) is 26.5 Å². The summed E-state index contributed by atoms with van der Waals surface area (Å²) in [6.07, 6.45) is 1.56. The number of fused-ring (bicyclic) bond motifs is 1. The molecule has 0 atom stereocenters. The van der Waals surface area contributed by atoms with Gasteiger partial charge in [-0.1, -0.05) is 0 Å². The minimum atomic E-state index is 0. The molecule has 1 aliphatic rings. The van der Waals surface area contributed by atoms with Gasteiger partial charge in [0.05, 0.1) is 11.4 Å². The van der Waals surface area contributed by atoms with Crippen LogP contribution >= 0.6 is 44.3 Å². The van der Waals surface area contributed by atoms with Crippen LogP contribution in [0, 0.1) is 0 Å². The average Bonchev–Trinajstić information content (AvgIpc) is 2.36. The number of hydrogen-bond donors (Lipinski definition) is 0. The molecule has 5 heteroatoms. The summed E-state index contributed by atoms with van der Waals surface area (Å²) in [4.78, 5) is 4.06. The van der Waals surface area contributed by atoms with E-state index in [9.17, 15) is 0 Å². The molecule has 1 aromatic rings. The Labute approximate surface area is 93.1 Å². The van der Waals surface area contributed by atoms with E-state index in [2.05, 4.69) is 42.2 Å². The molecule has 63 valence electrons. The lowest BCUT2D eigenvalue weighted by atomic mass is 10.3. The van der Waals surface area contributed by atoms with Gasteiger partial charge in [0.25, 0.3) is 0 Å². The van der Waals surface area contributed by atoms with Crippen molar-refractivity contribution in [2.24, 2.45) is 4.99 Å². The van der Waals surface area contributed by atoms with Crippen molar-refractivity contribution in [1.29, 1.82) is 0 Å². The molecule has 0 aliphatic carbocycles. The SMILES string of the molecule is Brc1cc2c(cc1Br)N=C[N]2.Cl. The smallest absolute Gasteiger partial charge is 0.116 e. The maximum Gasteiger partial charge on any atom is 0.116 e. The highest BCUT2D eigenvalue weighted by Crippen LogP contribution is 2.36. The van der Waals surface area contributed by atoms with Crippen LogP contribution in [0.1, 0.15) is 0 Å². The van der Waals surface area contributed by atoms with E-state index < -0.39 is 0 Å². The third-order valence-corrected chi connectivity index (χ3v) is 3.26. The molecule has 12 heavy (non-hydrogen) atoms. The molecule has 0 spiro atoms. The first kappa shape index (κ1) is 10.0. The largest absolute Gasteiger partial charge is 0.235 e. The maximum absolute atomic E-state index is 4.06. The zero-order chi connectivity index (χ0) is 7.84. The van der Waals surface area contributed by atoms with E-state index in [1.807, 2.05) is 12.1 Å². The first-order valence-corrected chi connectivity index (χ1v) is 4.58. The van der Waals surface area contributed by atoms with Gasteiger partial charge in [0.1, 0.15) is 6.34 Å². The lowest BCUT2D eigenvalue weighted by Crippen LogP contribution is -1.84. The minimum absolute atomic E-state index is 0. The van der Waals surface area contributed by atoms with E-state index in [-0.39, 0.29) is 12.4 Å². The minimum Gasteiger partial charge on any atom is -0.235 e. The van der Waals surface area contributed by atoms with Crippen LogP contribution in [-0.4, -0.2) is 6.34 Å². The van der Waals surface area contributed by atoms with Crippen molar-refractivity contribution in [2.45, 2.75) is 0 Å². The van der Waals surface area contributed by atoms with Crippen LogP contribution in [0.3, 0.4) is 0 Å². The van der Waals surface area contributed by atoms with Gasteiger partial charge in [-0.2, -0.15) is 0 Å². The van der Waals surface area contributed by atoms with Crippen LogP contribution in [0.25, 0.3) is 0 Å². The van der Waals surface area contributed by atoms with Crippen molar-refractivity contribution < 1.29 is 0 Å². The molecule has 0 amide bonds. The Bertz CT molecular complexity index is 338. The second-order valence-corrected chi connectivity index (χ2v) is 3.84. The van der Waals surface area contributed by atoms with Crippen molar-refractivity contribution in [3.63, 3.8) is 0 Å². The highest BCUT2D eigenvalue weighted by atomic mass is 79.9. The molecule has 1 aliphatic heterocycles. The molecule has 0 saturated heterocycles. The maximum atomic E-state index is 4.06. The average molecular weight is 311 g/mol. The third kappa shape index (κ3) is 1.65. The van der Waals surface area contributed by atoms with Gasteiger partial charge in [-0.25, -0.2) is 10.3 Å². The molecule has 0 saturated carbocycles. The van der Waals surface area contributed by atoms with Gasteiger partial charge >= 0.3 is 0 Å². The lowest BCUT2D eigenvalue weighted by Gasteiger charge is -1.98. The zero-order valence-electron chi connectivity index (χ0n) is 5.79. The van der Waals surface area contributed by atoms with E-state index in [0.29, 0.717) is 0 Å². The molecule has 2 rings (SSSR count). The van der Waals surface area contributed by atoms with E-state index in [4.69, 9.17) is 0 Å². The van der Waals surface area contributed by atoms with Crippen molar-refractivity contribution in [1.82, 2.24) is 5.32 Å². The highest BCUT2D eigenvalue weighted by molar-refractivity contribution is 9.13. The molecule has 1 radical (unpaired) electrons. The summed E-state index contributed by atoms with van der Waals surface area (Å²) in [6.45, 7) is 0. The first-order valence-electron chi connectivity index (χ1n) is 3.00. The number of rotatable bonds is 0. The standard InChI is InChI=1S/C7H3Br2N2.ClH/c8-4-1-6-7(2-5(4)9)11-3-10-6;/h1-3H;1H. The Morgan fingerprint density at radius 2 is 1.58 bits per heavy atom. The van der Waals surface area contributed by atoms with Gasteiger partial charge in [-0.15, -0.1) is 12.4 Å². The second kappa shape index (κ2) is 3.77.